The predicted molar refractivity (Wildman–Crippen MR) is 123 cm³/mol. The van der Waals surface area contributed by atoms with Crippen molar-refractivity contribution in [3.8, 4) is 16.9 Å². The van der Waals surface area contributed by atoms with Crippen LogP contribution in [0, 0.1) is 5.82 Å². The van der Waals surface area contributed by atoms with Crippen LogP contribution in [0.2, 0.25) is 0 Å². The van der Waals surface area contributed by atoms with Gasteiger partial charge in [0.1, 0.15) is 35.2 Å². The summed E-state index contributed by atoms with van der Waals surface area (Å²) in [7, 11) is 0. The fraction of sp³-hybridized carbons (Fsp3) is 0.154. The number of nitrogens with zero attached hydrogens (tertiary/aromatic N) is 1. The molecule has 1 unspecified atom stereocenters. The van der Waals surface area contributed by atoms with Crippen molar-refractivity contribution in [3.05, 3.63) is 107 Å². The Morgan fingerprint density at radius 1 is 1.18 bits per heavy atom. The van der Waals surface area contributed by atoms with Gasteiger partial charge < -0.3 is 23.7 Å². The van der Waals surface area contributed by atoms with E-state index in [4.69, 9.17) is 13.6 Å². The van der Waals surface area contributed by atoms with E-state index in [0.29, 0.717) is 22.5 Å². The largest absolute Gasteiger partial charge is 0.489 e. The van der Waals surface area contributed by atoms with E-state index in [2.05, 4.69) is 9.97 Å². The molecule has 0 aliphatic carbocycles. The number of halogens is 1. The number of rotatable bonds is 7. The first kappa shape index (κ1) is 21.7. The van der Waals surface area contributed by atoms with E-state index in [1.165, 1.54) is 30.7 Å². The SMILES string of the molecule is CCC(O)(c1cc(F)cc(OCc2ccc3c(-c4ccoc4)cc(=O)oc3c2)c1)c1ncc[nH]1. The highest BCUT2D eigenvalue weighted by Gasteiger charge is 2.33. The van der Waals surface area contributed by atoms with Crippen LogP contribution in [0.5, 0.6) is 5.75 Å². The Bertz CT molecular complexity index is 1490. The Morgan fingerprint density at radius 2 is 2.06 bits per heavy atom. The molecule has 2 aromatic carbocycles. The third kappa shape index (κ3) is 3.99. The summed E-state index contributed by atoms with van der Waals surface area (Å²) in [6, 6.07) is 12.7. The van der Waals surface area contributed by atoms with Crippen LogP contribution in [-0.4, -0.2) is 15.1 Å². The Labute approximate surface area is 193 Å². The van der Waals surface area contributed by atoms with Crippen LogP contribution in [0.4, 0.5) is 4.39 Å². The number of H-pyrrole nitrogens is 1. The van der Waals surface area contributed by atoms with Gasteiger partial charge in [0.05, 0.1) is 12.5 Å². The van der Waals surface area contributed by atoms with Crippen LogP contribution >= 0.6 is 0 Å². The maximum Gasteiger partial charge on any atom is 0.336 e. The second-order valence-electron chi connectivity index (χ2n) is 7.94. The van der Waals surface area contributed by atoms with Gasteiger partial charge in [-0.05, 0) is 41.8 Å². The number of imidazole rings is 1. The molecule has 0 saturated heterocycles. The standard InChI is InChI=1S/C26H21FN2O5/c1-2-26(31,25-28-6-7-29-25)18-10-19(27)12-20(11-18)33-14-16-3-4-21-22(17-5-8-32-15-17)13-24(30)34-23(21)9-16/h3-13,15,31H,2,14H2,1H3,(H,28,29). The number of nitrogens with one attached hydrogen (secondary N) is 1. The average Bonchev–Trinajstić information content (AvgIpc) is 3.56. The van der Waals surface area contributed by atoms with E-state index in [9.17, 15) is 14.3 Å². The number of hydrogen-bond donors (Lipinski definition) is 2. The van der Waals surface area contributed by atoms with E-state index in [1.807, 2.05) is 12.1 Å². The first-order chi connectivity index (χ1) is 16.5. The molecule has 1 atom stereocenters. The number of aliphatic hydroxyl groups is 1. The highest BCUT2D eigenvalue weighted by Crippen LogP contribution is 2.34. The second-order valence-corrected chi connectivity index (χ2v) is 7.94. The third-order valence-electron chi connectivity index (χ3n) is 5.80. The fourth-order valence-electron chi connectivity index (χ4n) is 4.00. The summed E-state index contributed by atoms with van der Waals surface area (Å²) in [6.07, 6.45) is 6.52. The van der Waals surface area contributed by atoms with Crippen molar-refractivity contribution in [2.24, 2.45) is 0 Å². The summed E-state index contributed by atoms with van der Waals surface area (Å²) in [5, 5.41) is 11.9. The Kier molecular flexibility index (Phi) is 5.51. The minimum atomic E-state index is -1.49. The monoisotopic (exact) mass is 460 g/mol. The van der Waals surface area contributed by atoms with E-state index in [1.54, 1.807) is 37.6 Å². The number of aromatic nitrogens is 2. The molecule has 8 heteroatoms. The lowest BCUT2D eigenvalue weighted by Gasteiger charge is -2.25. The Morgan fingerprint density at radius 3 is 2.79 bits per heavy atom. The topological polar surface area (TPSA) is 101 Å². The van der Waals surface area contributed by atoms with Gasteiger partial charge in [-0.3, -0.25) is 0 Å². The highest BCUT2D eigenvalue weighted by molar-refractivity contribution is 5.93. The number of ether oxygens (including phenoxy) is 1. The molecular formula is C26H21FN2O5. The summed E-state index contributed by atoms with van der Waals surface area (Å²) in [6.45, 7) is 1.89. The van der Waals surface area contributed by atoms with Crippen molar-refractivity contribution < 1.29 is 23.1 Å². The summed E-state index contributed by atoms with van der Waals surface area (Å²) in [4.78, 5) is 19.1. The fourth-order valence-corrected chi connectivity index (χ4v) is 4.00. The molecule has 0 radical (unpaired) electrons. The van der Waals surface area contributed by atoms with Gasteiger partial charge in [0.25, 0.3) is 0 Å². The molecule has 3 aromatic heterocycles. The zero-order valence-electron chi connectivity index (χ0n) is 18.2. The molecule has 34 heavy (non-hydrogen) atoms. The summed E-state index contributed by atoms with van der Waals surface area (Å²) >= 11 is 0. The van der Waals surface area contributed by atoms with Gasteiger partial charge in [-0.2, -0.15) is 0 Å². The van der Waals surface area contributed by atoms with E-state index in [-0.39, 0.29) is 18.8 Å². The molecule has 2 N–H and O–H groups in total. The van der Waals surface area contributed by atoms with E-state index in [0.717, 1.165) is 16.5 Å². The Balaban J connectivity index is 1.43. The number of aromatic amines is 1. The van der Waals surface area contributed by atoms with Crippen molar-refractivity contribution in [1.29, 1.82) is 0 Å². The molecule has 0 saturated carbocycles. The molecule has 0 spiro atoms. The van der Waals surface area contributed by atoms with Gasteiger partial charge in [0.2, 0.25) is 0 Å². The third-order valence-corrected chi connectivity index (χ3v) is 5.80. The van der Waals surface area contributed by atoms with Gasteiger partial charge in [-0.15, -0.1) is 0 Å². The van der Waals surface area contributed by atoms with E-state index >= 15 is 0 Å². The summed E-state index contributed by atoms with van der Waals surface area (Å²) in [5.41, 5.74) is 0.973. The van der Waals surface area contributed by atoms with Crippen LogP contribution in [0.25, 0.3) is 22.1 Å². The minimum absolute atomic E-state index is 0.101. The first-order valence-corrected chi connectivity index (χ1v) is 10.7. The highest BCUT2D eigenvalue weighted by atomic mass is 19.1. The van der Waals surface area contributed by atoms with Gasteiger partial charge in [0.15, 0.2) is 0 Å². The maximum atomic E-state index is 14.4. The number of fused-ring (bicyclic) bond motifs is 1. The van der Waals surface area contributed by atoms with Crippen molar-refractivity contribution in [1.82, 2.24) is 9.97 Å². The van der Waals surface area contributed by atoms with Crippen LogP contribution in [0.15, 0.2) is 87.1 Å². The minimum Gasteiger partial charge on any atom is -0.489 e. The molecule has 172 valence electrons. The molecule has 7 nitrogen and oxygen atoms in total. The molecule has 0 amide bonds. The second kappa shape index (κ2) is 8.64. The quantitative estimate of drug-likeness (QED) is 0.326. The molecule has 0 fully saturated rings. The molecule has 3 heterocycles. The first-order valence-electron chi connectivity index (χ1n) is 10.7. The van der Waals surface area contributed by atoms with Crippen LogP contribution in [0.3, 0.4) is 0 Å². The molecule has 5 rings (SSSR count). The zero-order chi connectivity index (χ0) is 23.7. The molecule has 0 aliphatic heterocycles. The van der Waals surface area contributed by atoms with Crippen LogP contribution < -0.4 is 10.4 Å². The van der Waals surface area contributed by atoms with Gasteiger partial charge in [-0.1, -0.05) is 19.1 Å². The average molecular weight is 460 g/mol. The lowest BCUT2D eigenvalue weighted by Crippen LogP contribution is -2.28. The van der Waals surface area contributed by atoms with Crippen molar-refractivity contribution in [2.75, 3.05) is 0 Å². The zero-order valence-corrected chi connectivity index (χ0v) is 18.2. The number of furan rings is 1. The van der Waals surface area contributed by atoms with Crippen molar-refractivity contribution >= 4 is 11.0 Å². The molecule has 0 bridgehead atoms. The van der Waals surface area contributed by atoms with Crippen LogP contribution in [-0.2, 0) is 12.2 Å². The maximum absolute atomic E-state index is 14.4. The predicted octanol–water partition coefficient (Wildman–Crippen LogP) is 5.14. The number of benzene rings is 2. The summed E-state index contributed by atoms with van der Waals surface area (Å²) < 4.78 is 30.8. The molecule has 0 aliphatic rings. The molecule has 5 aromatic rings. The molecular weight excluding hydrogens is 439 g/mol. The summed E-state index contributed by atoms with van der Waals surface area (Å²) in [5.74, 6) is 0.0341. The van der Waals surface area contributed by atoms with Crippen molar-refractivity contribution in [3.63, 3.8) is 0 Å². The normalized spacial score (nSPS) is 13.1. The van der Waals surface area contributed by atoms with Gasteiger partial charge >= 0.3 is 5.63 Å². The Hall–Kier alpha value is -4.17. The lowest BCUT2D eigenvalue weighted by atomic mass is 9.90. The van der Waals surface area contributed by atoms with Gasteiger partial charge in [0, 0.05) is 41.0 Å². The van der Waals surface area contributed by atoms with E-state index < -0.39 is 17.0 Å². The van der Waals surface area contributed by atoms with Crippen molar-refractivity contribution in [2.45, 2.75) is 25.6 Å². The smallest absolute Gasteiger partial charge is 0.336 e. The number of hydrogen-bond acceptors (Lipinski definition) is 6. The van der Waals surface area contributed by atoms with Gasteiger partial charge in [-0.25, -0.2) is 14.2 Å². The van der Waals surface area contributed by atoms with Crippen LogP contribution in [0.1, 0.15) is 30.3 Å². The lowest BCUT2D eigenvalue weighted by molar-refractivity contribution is 0.0671.